The zero-order valence-electron chi connectivity index (χ0n) is 17.3. The number of hydrogen-bond acceptors (Lipinski definition) is 5. The van der Waals surface area contributed by atoms with E-state index in [4.69, 9.17) is 13.9 Å². The third-order valence-corrected chi connectivity index (χ3v) is 5.90. The Morgan fingerprint density at radius 1 is 1.00 bits per heavy atom. The summed E-state index contributed by atoms with van der Waals surface area (Å²) in [6.07, 6.45) is 3.59. The van der Waals surface area contributed by atoms with Crippen LogP contribution in [0.4, 0.5) is 0 Å². The maximum absolute atomic E-state index is 13.3. The van der Waals surface area contributed by atoms with Crippen molar-refractivity contribution in [3.05, 3.63) is 64.0 Å². The molecule has 1 aromatic heterocycles. The van der Waals surface area contributed by atoms with Crippen molar-refractivity contribution in [3.63, 3.8) is 0 Å². The van der Waals surface area contributed by atoms with Gasteiger partial charge in [-0.1, -0.05) is 37.3 Å². The molecule has 0 bridgehead atoms. The first-order valence-electron chi connectivity index (χ1n) is 10.1. The predicted octanol–water partition coefficient (Wildman–Crippen LogP) is 5.24. The first kappa shape index (κ1) is 18.7. The van der Waals surface area contributed by atoms with Crippen LogP contribution in [-0.2, 0) is 0 Å². The van der Waals surface area contributed by atoms with Gasteiger partial charge in [0.2, 0.25) is 0 Å². The zero-order chi connectivity index (χ0) is 21.2. The normalized spacial score (nSPS) is 21.5. The maximum Gasteiger partial charge on any atom is 0.336 e. The molecule has 0 aliphatic carbocycles. The third kappa shape index (κ3) is 2.69. The lowest BCUT2D eigenvalue weighted by Gasteiger charge is -2.34. The largest absolute Gasteiger partial charge is 0.488 e. The number of carbonyl (C=O) groups excluding carboxylic acids is 1. The molecule has 5 nitrogen and oxygen atoms in total. The molecule has 2 aliphatic rings. The Morgan fingerprint density at radius 3 is 2.47 bits per heavy atom. The quantitative estimate of drug-likeness (QED) is 0.521. The average Bonchev–Trinajstić information content (AvgIpc) is 2.71. The lowest BCUT2D eigenvalue weighted by Crippen LogP contribution is -2.35. The number of benzene rings is 2. The number of rotatable bonds is 1. The molecule has 2 aliphatic heterocycles. The molecule has 0 amide bonds. The molecule has 2 atom stereocenters. The van der Waals surface area contributed by atoms with Gasteiger partial charge in [0.1, 0.15) is 28.8 Å². The van der Waals surface area contributed by atoms with E-state index in [1.165, 1.54) is 6.07 Å². The Kier molecular flexibility index (Phi) is 3.94. The van der Waals surface area contributed by atoms with Crippen LogP contribution < -0.4 is 15.1 Å². The van der Waals surface area contributed by atoms with Crippen LogP contribution in [0.5, 0.6) is 11.5 Å². The van der Waals surface area contributed by atoms with Crippen LogP contribution in [0.3, 0.4) is 0 Å². The molecule has 3 heterocycles. The topological polar surface area (TPSA) is 65.7 Å². The highest BCUT2D eigenvalue weighted by Gasteiger charge is 2.39. The van der Waals surface area contributed by atoms with Gasteiger partial charge in [0, 0.05) is 11.6 Å². The van der Waals surface area contributed by atoms with Gasteiger partial charge < -0.3 is 13.9 Å². The summed E-state index contributed by atoms with van der Waals surface area (Å²) >= 11 is 0. The van der Waals surface area contributed by atoms with E-state index in [1.54, 1.807) is 0 Å². The summed E-state index contributed by atoms with van der Waals surface area (Å²) in [5.74, 6) is 0.541. The Morgan fingerprint density at radius 2 is 1.73 bits per heavy atom. The highest BCUT2D eigenvalue weighted by atomic mass is 16.5. The van der Waals surface area contributed by atoms with E-state index in [2.05, 4.69) is 0 Å². The van der Waals surface area contributed by atoms with Gasteiger partial charge in [0.25, 0.3) is 0 Å². The third-order valence-electron chi connectivity index (χ3n) is 5.90. The molecule has 5 heteroatoms. The number of hydrogen-bond donors (Lipinski definition) is 0. The molecule has 5 rings (SSSR count). The first-order chi connectivity index (χ1) is 14.3. The molecule has 0 unspecified atom stereocenters. The smallest absolute Gasteiger partial charge is 0.336 e. The maximum atomic E-state index is 13.3. The lowest BCUT2D eigenvalue weighted by atomic mass is 9.85. The molecular weight excluding hydrogens is 380 g/mol. The fourth-order valence-electron chi connectivity index (χ4n) is 4.13. The second-order valence-corrected chi connectivity index (χ2v) is 8.51. The minimum Gasteiger partial charge on any atom is -0.488 e. The van der Waals surface area contributed by atoms with Crippen molar-refractivity contribution >= 4 is 22.8 Å². The Labute approximate surface area is 173 Å². The van der Waals surface area contributed by atoms with Gasteiger partial charge in [0.15, 0.2) is 11.4 Å². The number of Topliss-reactive ketones (excluding diaryl/α,β-unsaturated/α-hetero) is 1. The minimum atomic E-state index is -0.560. The Balaban J connectivity index is 1.99. The number of fused-ring (bicyclic) bond motifs is 6. The van der Waals surface area contributed by atoms with Crippen LogP contribution in [0.15, 0.2) is 51.7 Å². The summed E-state index contributed by atoms with van der Waals surface area (Å²) in [7, 11) is 0. The SMILES string of the molecule is C[C@@H]1C(=O)c2c(c3c(c4c(-c5ccccc5)cc(=O)oc24)OC(C)(C)C=C3)O[C@@H]1C. The summed E-state index contributed by atoms with van der Waals surface area (Å²) in [6, 6.07) is 11.0. The van der Waals surface area contributed by atoms with Crippen molar-refractivity contribution in [1.29, 1.82) is 0 Å². The first-order valence-corrected chi connectivity index (χ1v) is 10.1. The number of ketones is 1. The van der Waals surface area contributed by atoms with Crippen LogP contribution in [0.1, 0.15) is 43.6 Å². The van der Waals surface area contributed by atoms with Gasteiger partial charge in [-0.15, -0.1) is 0 Å². The molecule has 30 heavy (non-hydrogen) atoms. The van der Waals surface area contributed by atoms with Gasteiger partial charge in [-0.3, -0.25) is 4.79 Å². The second kappa shape index (κ2) is 6.33. The van der Waals surface area contributed by atoms with Crippen LogP contribution in [0.25, 0.3) is 28.2 Å². The van der Waals surface area contributed by atoms with E-state index in [-0.39, 0.29) is 23.4 Å². The molecule has 2 aromatic carbocycles. The predicted molar refractivity (Wildman–Crippen MR) is 115 cm³/mol. The fourth-order valence-corrected chi connectivity index (χ4v) is 4.13. The van der Waals surface area contributed by atoms with Crippen LogP contribution in [0, 0.1) is 5.92 Å². The molecule has 0 fully saturated rings. The lowest BCUT2D eigenvalue weighted by molar-refractivity contribution is 0.0728. The summed E-state index contributed by atoms with van der Waals surface area (Å²) in [5, 5.41) is 0.616. The van der Waals surface area contributed by atoms with E-state index in [0.717, 1.165) is 5.56 Å². The van der Waals surface area contributed by atoms with Crippen molar-refractivity contribution in [2.45, 2.75) is 39.4 Å². The zero-order valence-corrected chi connectivity index (χ0v) is 17.3. The summed E-state index contributed by atoms with van der Waals surface area (Å²) < 4.78 is 18.2. The van der Waals surface area contributed by atoms with Crippen LogP contribution in [0.2, 0.25) is 0 Å². The summed E-state index contributed by atoms with van der Waals surface area (Å²) in [5.41, 5.74) is 1.69. The van der Waals surface area contributed by atoms with Crippen molar-refractivity contribution in [2.75, 3.05) is 0 Å². The summed E-state index contributed by atoms with van der Waals surface area (Å²) in [4.78, 5) is 25.8. The van der Waals surface area contributed by atoms with Crippen molar-refractivity contribution in [2.24, 2.45) is 5.92 Å². The molecule has 3 aromatic rings. The van der Waals surface area contributed by atoms with Crippen LogP contribution in [-0.4, -0.2) is 17.5 Å². The van der Waals surface area contributed by atoms with E-state index in [1.807, 2.05) is 70.2 Å². The molecule has 0 saturated heterocycles. The van der Waals surface area contributed by atoms with Crippen molar-refractivity contribution in [1.82, 2.24) is 0 Å². The molecule has 152 valence electrons. The molecule has 0 spiro atoms. The van der Waals surface area contributed by atoms with E-state index < -0.39 is 11.2 Å². The van der Waals surface area contributed by atoms with Crippen molar-refractivity contribution < 1.29 is 18.7 Å². The molecule has 0 saturated carbocycles. The highest BCUT2D eigenvalue weighted by Crippen LogP contribution is 2.50. The molecule has 0 N–H and O–H groups in total. The highest BCUT2D eigenvalue weighted by molar-refractivity contribution is 6.16. The number of carbonyl (C=O) groups is 1. The standard InChI is InChI=1S/C25H22O5/c1-13-14(2)28-22-16-10-11-25(3,4)30-23(16)19-17(15-8-6-5-7-9-15)12-18(26)29-24(19)20(22)21(13)27/h5-14H,1-4H3/t13-,14+/m0/s1. The van der Waals surface area contributed by atoms with E-state index in [0.29, 0.717) is 33.6 Å². The van der Waals surface area contributed by atoms with Gasteiger partial charge >= 0.3 is 5.63 Å². The number of ether oxygens (including phenoxy) is 2. The fraction of sp³-hybridized carbons (Fsp3) is 0.280. The van der Waals surface area contributed by atoms with Crippen LogP contribution >= 0.6 is 0 Å². The Hall–Kier alpha value is -3.34. The van der Waals surface area contributed by atoms with E-state index >= 15 is 0 Å². The van der Waals surface area contributed by atoms with E-state index in [9.17, 15) is 9.59 Å². The van der Waals surface area contributed by atoms with Gasteiger partial charge in [-0.2, -0.15) is 0 Å². The van der Waals surface area contributed by atoms with Crippen molar-refractivity contribution in [3.8, 4) is 22.6 Å². The minimum absolute atomic E-state index is 0.0943. The molecular formula is C25H22O5. The summed E-state index contributed by atoms with van der Waals surface area (Å²) in [6.45, 7) is 7.61. The van der Waals surface area contributed by atoms with Gasteiger partial charge in [0.05, 0.1) is 16.9 Å². The average molecular weight is 402 g/mol. The Bertz CT molecular complexity index is 1280. The second-order valence-electron chi connectivity index (χ2n) is 8.51. The van der Waals surface area contributed by atoms with Gasteiger partial charge in [-0.05, 0) is 38.5 Å². The van der Waals surface area contributed by atoms with Gasteiger partial charge in [-0.25, -0.2) is 4.79 Å². The monoisotopic (exact) mass is 402 g/mol. The molecule has 0 radical (unpaired) electrons.